The Balaban J connectivity index is 1.80. The Morgan fingerprint density at radius 3 is 2.76 bits per heavy atom. The maximum atomic E-state index is 12.1. The van der Waals surface area contributed by atoms with Crippen molar-refractivity contribution < 1.29 is 4.79 Å². The van der Waals surface area contributed by atoms with Crippen LogP contribution in [0.15, 0.2) is 30.5 Å². The van der Waals surface area contributed by atoms with Crippen molar-refractivity contribution in [3.05, 3.63) is 36.0 Å². The summed E-state index contributed by atoms with van der Waals surface area (Å²) in [7, 11) is 1.88. The number of benzene rings is 1. The van der Waals surface area contributed by atoms with Gasteiger partial charge in [0, 0.05) is 42.1 Å². The first-order valence-corrected chi connectivity index (χ1v) is 7.60. The van der Waals surface area contributed by atoms with Gasteiger partial charge in [0.25, 0.3) is 0 Å². The van der Waals surface area contributed by atoms with Crippen molar-refractivity contribution in [1.82, 2.24) is 15.2 Å². The quantitative estimate of drug-likeness (QED) is 0.890. The molecule has 3 rings (SSSR count). The smallest absolute Gasteiger partial charge is 0.317 e. The molecular formula is C17H23N3O. The molecule has 0 radical (unpaired) electrons. The fraction of sp³-hybridized carbons (Fsp3) is 0.471. The SMILES string of the molecule is CC(C)NC(=O)N(C)CC1(c2c[nH]c3ccccc23)CC1. The number of aromatic nitrogens is 1. The Kier molecular flexibility index (Phi) is 3.40. The molecule has 0 bridgehead atoms. The van der Waals surface area contributed by atoms with Gasteiger partial charge in [-0.15, -0.1) is 0 Å². The number of nitrogens with one attached hydrogen (secondary N) is 2. The molecule has 2 N–H and O–H groups in total. The van der Waals surface area contributed by atoms with E-state index in [1.54, 1.807) is 0 Å². The normalized spacial score (nSPS) is 16.2. The minimum atomic E-state index is 0.0103. The lowest BCUT2D eigenvalue weighted by Crippen LogP contribution is -2.43. The zero-order valence-corrected chi connectivity index (χ0v) is 12.9. The molecule has 4 heteroatoms. The first-order chi connectivity index (χ1) is 10.0. The number of fused-ring (bicyclic) bond motifs is 1. The number of rotatable bonds is 4. The number of likely N-dealkylation sites (N-methyl/N-ethyl adjacent to an activating group) is 1. The Morgan fingerprint density at radius 2 is 2.10 bits per heavy atom. The maximum Gasteiger partial charge on any atom is 0.317 e. The summed E-state index contributed by atoms with van der Waals surface area (Å²) in [5, 5.41) is 4.24. The summed E-state index contributed by atoms with van der Waals surface area (Å²) >= 11 is 0. The van der Waals surface area contributed by atoms with Crippen LogP contribution in [0.5, 0.6) is 0 Å². The van der Waals surface area contributed by atoms with E-state index in [1.165, 1.54) is 16.5 Å². The van der Waals surface area contributed by atoms with Gasteiger partial charge in [0.1, 0.15) is 0 Å². The number of H-pyrrole nitrogens is 1. The predicted octanol–water partition coefficient (Wildman–Crippen LogP) is 3.25. The summed E-state index contributed by atoms with van der Waals surface area (Å²) in [6.45, 7) is 4.74. The van der Waals surface area contributed by atoms with Gasteiger partial charge in [-0.25, -0.2) is 4.79 Å². The van der Waals surface area contributed by atoms with Crippen molar-refractivity contribution >= 4 is 16.9 Å². The summed E-state index contributed by atoms with van der Waals surface area (Å²) in [4.78, 5) is 17.3. The topological polar surface area (TPSA) is 48.1 Å². The van der Waals surface area contributed by atoms with Crippen LogP contribution in [0.1, 0.15) is 32.3 Å². The number of hydrogen-bond donors (Lipinski definition) is 2. The molecule has 112 valence electrons. The van der Waals surface area contributed by atoms with E-state index < -0.39 is 0 Å². The average Bonchev–Trinajstić information content (AvgIpc) is 3.08. The molecule has 21 heavy (non-hydrogen) atoms. The van der Waals surface area contributed by atoms with Crippen LogP contribution in [0, 0.1) is 0 Å². The van der Waals surface area contributed by atoms with Gasteiger partial charge in [-0.05, 0) is 38.3 Å². The van der Waals surface area contributed by atoms with Gasteiger partial charge in [0.05, 0.1) is 0 Å². The average molecular weight is 285 g/mol. The van der Waals surface area contributed by atoms with Gasteiger partial charge in [0.2, 0.25) is 0 Å². The number of carbonyl (C=O) groups is 1. The highest BCUT2D eigenvalue weighted by Gasteiger charge is 2.47. The van der Waals surface area contributed by atoms with Gasteiger partial charge in [-0.3, -0.25) is 0 Å². The van der Waals surface area contributed by atoms with E-state index in [0.29, 0.717) is 0 Å². The molecule has 0 aliphatic heterocycles. The monoisotopic (exact) mass is 285 g/mol. The zero-order valence-electron chi connectivity index (χ0n) is 12.9. The van der Waals surface area contributed by atoms with E-state index in [9.17, 15) is 4.79 Å². The molecule has 4 nitrogen and oxygen atoms in total. The molecule has 1 fully saturated rings. The molecule has 0 spiro atoms. The second-order valence-electron chi connectivity index (χ2n) is 6.49. The summed E-state index contributed by atoms with van der Waals surface area (Å²) in [6, 6.07) is 8.56. The lowest BCUT2D eigenvalue weighted by atomic mass is 9.95. The number of para-hydroxylation sites is 1. The predicted molar refractivity (Wildman–Crippen MR) is 85.5 cm³/mol. The third-order valence-electron chi connectivity index (χ3n) is 4.31. The first kappa shape index (κ1) is 14.0. The van der Waals surface area contributed by atoms with E-state index in [-0.39, 0.29) is 17.5 Å². The van der Waals surface area contributed by atoms with Crippen molar-refractivity contribution in [3.63, 3.8) is 0 Å². The number of hydrogen-bond acceptors (Lipinski definition) is 1. The largest absolute Gasteiger partial charge is 0.361 e. The van der Waals surface area contributed by atoms with Crippen molar-refractivity contribution in [2.24, 2.45) is 0 Å². The number of urea groups is 1. The third kappa shape index (κ3) is 2.62. The van der Waals surface area contributed by atoms with Crippen LogP contribution < -0.4 is 5.32 Å². The van der Waals surface area contributed by atoms with Gasteiger partial charge < -0.3 is 15.2 Å². The lowest BCUT2D eigenvalue weighted by Gasteiger charge is -2.25. The van der Waals surface area contributed by atoms with E-state index in [0.717, 1.165) is 19.4 Å². The van der Waals surface area contributed by atoms with E-state index in [1.807, 2.05) is 31.9 Å². The summed E-state index contributed by atoms with van der Waals surface area (Å²) < 4.78 is 0. The minimum absolute atomic E-state index is 0.0103. The van der Waals surface area contributed by atoms with E-state index in [2.05, 4.69) is 34.7 Å². The van der Waals surface area contributed by atoms with Crippen molar-refractivity contribution in [3.8, 4) is 0 Å². The fourth-order valence-electron chi connectivity index (χ4n) is 3.06. The van der Waals surface area contributed by atoms with Crippen molar-refractivity contribution in [1.29, 1.82) is 0 Å². The highest BCUT2D eigenvalue weighted by molar-refractivity contribution is 5.85. The summed E-state index contributed by atoms with van der Waals surface area (Å²) in [5.74, 6) is 0. The first-order valence-electron chi connectivity index (χ1n) is 7.60. The molecule has 2 aromatic rings. The third-order valence-corrected chi connectivity index (χ3v) is 4.31. The molecule has 2 amide bonds. The number of aromatic amines is 1. The lowest BCUT2D eigenvalue weighted by molar-refractivity contribution is 0.202. The Morgan fingerprint density at radius 1 is 1.38 bits per heavy atom. The molecule has 1 aromatic carbocycles. The van der Waals surface area contributed by atoms with Crippen molar-refractivity contribution in [2.45, 2.75) is 38.1 Å². The van der Waals surface area contributed by atoms with Gasteiger partial charge in [0.15, 0.2) is 0 Å². The number of carbonyl (C=O) groups excluding carboxylic acids is 1. The standard InChI is InChI=1S/C17H23N3O/c1-12(2)19-16(21)20(3)11-17(8-9-17)14-10-18-15-7-5-4-6-13(14)15/h4-7,10,12,18H,8-9,11H2,1-3H3,(H,19,21). The maximum absolute atomic E-state index is 12.1. The Bertz CT molecular complexity index is 655. The molecule has 1 saturated carbocycles. The van der Waals surface area contributed by atoms with Gasteiger partial charge >= 0.3 is 6.03 Å². The number of nitrogens with zero attached hydrogens (tertiary/aromatic N) is 1. The minimum Gasteiger partial charge on any atom is -0.361 e. The van der Waals surface area contributed by atoms with Crippen LogP contribution >= 0.6 is 0 Å². The zero-order chi connectivity index (χ0) is 15.0. The molecule has 0 unspecified atom stereocenters. The van der Waals surface area contributed by atoms with Gasteiger partial charge in [-0.1, -0.05) is 18.2 Å². The highest BCUT2D eigenvalue weighted by atomic mass is 16.2. The van der Waals surface area contributed by atoms with Crippen LogP contribution in [-0.2, 0) is 5.41 Å². The highest BCUT2D eigenvalue weighted by Crippen LogP contribution is 2.50. The van der Waals surface area contributed by atoms with Crippen LogP contribution in [0.3, 0.4) is 0 Å². The Labute approximate surface area is 125 Å². The van der Waals surface area contributed by atoms with Crippen molar-refractivity contribution in [2.75, 3.05) is 13.6 Å². The van der Waals surface area contributed by atoms with Crippen LogP contribution in [-0.4, -0.2) is 35.5 Å². The second-order valence-corrected chi connectivity index (χ2v) is 6.49. The fourth-order valence-corrected chi connectivity index (χ4v) is 3.06. The second kappa shape index (κ2) is 5.10. The van der Waals surface area contributed by atoms with Crippen LogP contribution in [0.2, 0.25) is 0 Å². The molecule has 1 aliphatic rings. The Hall–Kier alpha value is -1.97. The summed E-state index contributed by atoms with van der Waals surface area (Å²) in [6.07, 6.45) is 4.41. The molecule has 1 aliphatic carbocycles. The molecule has 1 aromatic heterocycles. The molecule has 0 atom stereocenters. The van der Waals surface area contributed by atoms with E-state index in [4.69, 9.17) is 0 Å². The number of amides is 2. The van der Waals surface area contributed by atoms with Crippen LogP contribution in [0.25, 0.3) is 10.9 Å². The van der Waals surface area contributed by atoms with Crippen LogP contribution in [0.4, 0.5) is 4.79 Å². The van der Waals surface area contributed by atoms with E-state index >= 15 is 0 Å². The molecule has 0 saturated heterocycles. The molecular weight excluding hydrogens is 262 g/mol. The van der Waals surface area contributed by atoms with Gasteiger partial charge in [-0.2, -0.15) is 0 Å². The molecule has 1 heterocycles. The summed E-state index contributed by atoms with van der Waals surface area (Å²) in [5.41, 5.74) is 2.65.